The molecule has 0 saturated heterocycles. The molecule has 0 heterocycles. The van der Waals surface area contributed by atoms with Gasteiger partial charge in [0.2, 0.25) is 0 Å². The van der Waals surface area contributed by atoms with Crippen molar-refractivity contribution >= 4 is 33.6 Å². The summed E-state index contributed by atoms with van der Waals surface area (Å²) < 4.78 is 61.0. The van der Waals surface area contributed by atoms with Gasteiger partial charge in [-0.15, -0.1) is 0 Å². The van der Waals surface area contributed by atoms with Crippen molar-refractivity contribution in [2.45, 2.75) is 309 Å². The fourth-order valence-corrected chi connectivity index (χ4v) is 11.1. The molecule has 5 atom stereocenters. The Hall–Kier alpha value is -4.05. The second-order valence-electron chi connectivity index (χ2n) is 24.4. The molecule has 0 aromatic rings. The van der Waals surface area contributed by atoms with Gasteiger partial charge < -0.3 is 34.2 Å². The highest BCUT2D eigenvalue weighted by Gasteiger charge is 2.29. The number of phosphoric ester groups is 2. The van der Waals surface area contributed by atoms with Gasteiger partial charge in [0.25, 0.3) is 0 Å². The summed E-state index contributed by atoms with van der Waals surface area (Å²) in [6, 6.07) is 0. The third-order valence-electron chi connectivity index (χ3n) is 15.1. The Bertz CT molecular complexity index is 2210. The second kappa shape index (κ2) is 69.8. The molecule has 0 spiro atoms. The number of ether oxygens (including phenoxy) is 3. The molecule has 0 fully saturated rings. The van der Waals surface area contributed by atoms with Gasteiger partial charge in [0.15, 0.2) is 6.10 Å². The molecule has 0 aromatic carbocycles. The van der Waals surface area contributed by atoms with Gasteiger partial charge in [-0.25, -0.2) is 9.13 Å². The van der Waals surface area contributed by atoms with Gasteiger partial charge in [0.1, 0.15) is 25.4 Å². The van der Waals surface area contributed by atoms with Crippen molar-refractivity contribution in [3.8, 4) is 0 Å². The summed E-state index contributed by atoms with van der Waals surface area (Å²) in [5.74, 6) is -1.61. The molecule has 0 aliphatic carbocycles. The largest absolute Gasteiger partial charge is 0.472 e. The minimum Gasteiger partial charge on any atom is -0.463 e. The number of allylic oxidation sites excluding steroid dienone is 20. The van der Waals surface area contributed by atoms with E-state index in [1.54, 1.807) is 0 Å². The van der Waals surface area contributed by atoms with Crippen LogP contribution in [0.1, 0.15) is 290 Å². The monoisotopic (exact) mass is 1370 g/mol. The van der Waals surface area contributed by atoms with Gasteiger partial charge >= 0.3 is 33.6 Å². The van der Waals surface area contributed by atoms with E-state index in [9.17, 15) is 43.5 Å². The van der Waals surface area contributed by atoms with Crippen molar-refractivity contribution in [2.75, 3.05) is 39.6 Å². The number of esters is 3. The fourth-order valence-electron chi connectivity index (χ4n) is 9.52. The lowest BCUT2D eigenvalue weighted by atomic mass is 10.1. The SMILES string of the molecule is CC/C=C\C/C=C\C/C=C\C/C=C\CCCCCCCCC(=O)OCC(COP(=O)(O)OCC(O)COP(=O)(O)OCC(O)COC(=O)CCCCCCCCCCC/C=C\C/C=C\C/C=C\C/C=C\CCCCC)OC(=O)CCCCCCC/C=C\C/C=C\CCCCC. The summed E-state index contributed by atoms with van der Waals surface area (Å²) in [6.45, 7) is 2.47. The van der Waals surface area contributed by atoms with Crippen LogP contribution in [0.25, 0.3) is 0 Å². The molecule has 16 nitrogen and oxygen atoms in total. The lowest BCUT2D eigenvalue weighted by molar-refractivity contribution is -0.161. The van der Waals surface area contributed by atoms with Crippen LogP contribution < -0.4 is 0 Å². The molecular formula is C77H132O16P2. The van der Waals surface area contributed by atoms with Crippen LogP contribution in [-0.2, 0) is 55.8 Å². The number of unbranched alkanes of at least 4 members (excludes halogenated alkanes) is 26. The molecule has 18 heteroatoms. The number of carbonyl (C=O) groups excluding carboxylic acids is 3. The van der Waals surface area contributed by atoms with Crippen LogP contribution in [0, 0.1) is 0 Å². The first-order chi connectivity index (χ1) is 46.2. The third-order valence-corrected chi connectivity index (χ3v) is 17.0. The van der Waals surface area contributed by atoms with Crippen molar-refractivity contribution in [3.05, 3.63) is 122 Å². The lowest BCUT2D eigenvalue weighted by Crippen LogP contribution is -2.30. The summed E-state index contributed by atoms with van der Waals surface area (Å²) in [7, 11) is -9.80. The first-order valence-electron chi connectivity index (χ1n) is 36.8. The van der Waals surface area contributed by atoms with Gasteiger partial charge in [-0.05, 0) is 135 Å². The van der Waals surface area contributed by atoms with Gasteiger partial charge in [-0.2, -0.15) is 0 Å². The first-order valence-corrected chi connectivity index (χ1v) is 39.8. The zero-order chi connectivity index (χ0) is 69.5. The van der Waals surface area contributed by atoms with Crippen molar-refractivity contribution in [1.29, 1.82) is 0 Å². The topological polar surface area (TPSA) is 231 Å². The molecule has 0 saturated carbocycles. The highest BCUT2D eigenvalue weighted by molar-refractivity contribution is 7.47. The predicted molar refractivity (Wildman–Crippen MR) is 390 cm³/mol. The van der Waals surface area contributed by atoms with Crippen molar-refractivity contribution in [1.82, 2.24) is 0 Å². The Kier molecular flexibility index (Phi) is 66.9. The molecule has 95 heavy (non-hydrogen) atoms. The van der Waals surface area contributed by atoms with Gasteiger partial charge in [0, 0.05) is 19.3 Å². The minimum atomic E-state index is -4.94. The lowest BCUT2D eigenvalue weighted by Gasteiger charge is -2.21. The third kappa shape index (κ3) is 71.1. The Morgan fingerprint density at radius 2 is 0.558 bits per heavy atom. The normalized spacial score (nSPS) is 14.8. The maximum atomic E-state index is 12.9. The van der Waals surface area contributed by atoms with Gasteiger partial charge in [0.05, 0.1) is 26.4 Å². The number of carbonyl (C=O) groups is 3. The fraction of sp³-hybridized carbons (Fsp3) is 0.701. The van der Waals surface area contributed by atoms with E-state index < -0.39 is 91.5 Å². The molecule has 4 N–H and O–H groups in total. The molecule has 0 bridgehead atoms. The summed E-state index contributed by atoms with van der Waals surface area (Å²) in [6.07, 6.45) is 80.9. The smallest absolute Gasteiger partial charge is 0.463 e. The summed E-state index contributed by atoms with van der Waals surface area (Å²) in [4.78, 5) is 58.5. The zero-order valence-electron chi connectivity index (χ0n) is 59.3. The molecule has 0 aliphatic rings. The van der Waals surface area contributed by atoms with Crippen LogP contribution in [0.4, 0.5) is 0 Å². The summed E-state index contributed by atoms with van der Waals surface area (Å²) in [5, 5.41) is 20.6. The van der Waals surface area contributed by atoms with Crippen LogP contribution >= 0.6 is 15.6 Å². The Labute approximate surface area is 576 Å². The molecule has 0 aromatic heterocycles. The molecule has 0 amide bonds. The Balaban J connectivity index is 4.62. The maximum Gasteiger partial charge on any atom is 0.472 e. The predicted octanol–water partition coefficient (Wildman–Crippen LogP) is 21.0. The maximum absolute atomic E-state index is 12.9. The zero-order valence-corrected chi connectivity index (χ0v) is 61.1. The summed E-state index contributed by atoms with van der Waals surface area (Å²) >= 11 is 0. The highest BCUT2D eigenvalue weighted by Crippen LogP contribution is 2.45. The van der Waals surface area contributed by atoms with E-state index >= 15 is 0 Å². The first kappa shape index (κ1) is 91.0. The number of rotatable bonds is 69. The van der Waals surface area contributed by atoms with Crippen LogP contribution in [0.2, 0.25) is 0 Å². The van der Waals surface area contributed by atoms with E-state index in [2.05, 4.69) is 142 Å². The quantitative estimate of drug-likeness (QED) is 0.0146. The Morgan fingerprint density at radius 1 is 0.305 bits per heavy atom. The van der Waals surface area contributed by atoms with Gasteiger partial charge in [-0.3, -0.25) is 32.5 Å². The number of aliphatic hydroxyl groups is 2. The average molecular weight is 1380 g/mol. The average Bonchev–Trinajstić information content (AvgIpc) is 2.13. The standard InChI is InChI=1S/C77H132O16P2/c1-4-7-10-13-16-19-22-25-28-30-32-33-34-35-36-37-39-41-43-45-48-51-54-57-60-63-75(80)87-66-72(78)67-89-94(83,84)90-68-73(79)69-91-95(85,86)92-71-74(93-77(82)65-62-59-56-53-50-47-42-27-24-21-18-15-12-9-6-3)70-88-76(81)64-61-58-55-52-49-46-44-40-38-31-29-26-23-20-17-14-11-8-5-2/h8,11,16-21,25-29,32-33,35-36,38,40,42,72-74,78-79H,4-7,9-10,12-15,22-24,30-31,34,37,39,41,43-71H2,1-3H3,(H,83,84)(H,85,86)/b11-8-,19-16-,20-17-,21-18-,28-25-,29-26-,33-32-,36-35-,40-38-,42-27-. The van der Waals surface area contributed by atoms with E-state index in [4.69, 9.17) is 32.3 Å². The van der Waals surface area contributed by atoms with Gasteiger partial charge in [-0.1, -0.05) is 258 Å². The van der Waals surface area contributed by atoms with Crippen molar-refractivity contribution < 1.29 is 75.8 Å². The van der Waals surface area contributed by atoms with Crippen molar-refractivity contribution in [3.63, 3.8) is 0 Å². The van der Waals surface area contributed by atoms with Crippen LogP contribution in [0.5, 0.6) is 0 Å². The molecule has 5 unspecified atom stereocenters. The van der Waals surface area contributed by atoms with E-state index in [0.717, 1.165) is 161 Å². The number of phosphoric acid groups is 2. The Morgan fingerprint density at radius 3 is 0.884 bits per heavy atom. The highest BCUT2D eigenvalue weighted by atomic mass is 31.2. The van der Waals surface area contributed by atoms with E-state index in [0.29, 0.717) is 19.3 Å². The van der Waals surface area contributed by atoms with Crippen LogP contribution in [-0.4, -0.2) is 95.9 Å². The molecule has 0 aliphatic heterocycles. The molecule has 0 rings (SSSR count). The van der Waals surface area contributed by atoms with Crippen LogP contribution in [0.15, 0.2) is 122 Å². The molecular weight excluding hydrogens is 1240 g/mol. The van der Waals surface area contributed by atoms with Crippen LogP contribution in [0.3, 0.4) is 0 Å². The van der Waals surface area contributed by atoms with E-state index in [1.165, 1.54) is 70.6 Å². The summed E-state index contributed by atoms with van der Waals surface area (Å²) in [5.41, 5.74) is 0. The molecule has 0 radical (unpaired) electrons. The number of aliphatic hydroxyl groups excluding tert-OH is 2. The second-order valence-corrected chi connectivity index (χ2v) is 27.3. The molecule has 546 valence electrons. The minimum absolute atomic E-state index is 0.0826. The van der Waals surface area contributed by atoms with E-state index in [1.807, 2.05) is 0 Å². The van der Waals surface area contributed by atoms with Crippen molar-refractivity contribution in [2.24, 2.45) is 0 Å². The number of hydrogen-bond acceptors (Lipinski definition) is 14. The van der Waals surface area contributed by atoms with E-state index in [-0.39, 0.29) is 19.3 Å². The number of hydrogen-bond donors (Lipinski definition) is 4.